The number of hydrogen-bond acceptors (Lipinski definition) is 1. The highest BCUT2D eigenvalue weighted by Gasteiger charge is 2.35. The zero-order valence-corrected chi connectivity index (χ0v) is 12.7. The highest BCUT2D eigenvalue weighted by atomic mass is 16.2. The Labute approximate surface area is 116 Å². The summed E-state index contributed by atoms with van der Waals surface area (Å²) in [5, 5.41) is 0. The standard InChI is InChI=1S/C17H23NO/c1-8-13-10-9-11-14(12-13)15(19)18(16(2,3)4)17(5,6)7/h1,9-12H,2-7H3. The van der Waals surface area contributed by atoms with E-state index in [1.807, 2.05) is 64.6 Å². The van der Waals surface area contributed by atoms with E-state index in [9.17, 15) is 4.79 Å². The maximum Gasteiger partial charge on any atom is 0.254 e. The molecule has 2 nitrogen and oxygen atoms in total. The van der Waals surface area contributed by atoms with Gasteiger partial charge in [-0.3, -0.25) is 4.79 Å². The maximum absolute atomic E-state index is 12.8. The van der Waals surface area contributed by atoms with Crippen LogP contribution in [0.2, 0.25) is 0 Å². The van der Waals surface area contributed by atoms with E-state index in [1.54, 1.807) is 6.07 Å². The fraction of sp³-hybridized carbons (Fsp3) is 0.471. The number of carbonyl (C=O) groups excluding carboxylic acids is 1. The van der Waals surface area contributed by atoms with Crippen LogP contribution in [0.5, 0.6) is 0 Å². The average molecular weight is 257 g/mol. The van der Waals surface area contributed by atoms with E-state index in [0.717, 1.165) is 5.56 Å². The van der Waals surface area contributed by atoms with Crippen molar-refractivity contribution in [2.45, 2.75) is 52.6 Å². The van der Waals surface area contributed by atoms with Crippen LogP contribution < -0.4 is 0 Å². The molecule has 0 aliphatic carbocycles. The van der Waals surface area contributed by atoms with Gasteiger partial charge in [0.25, 0.3) is 5.91 Å². The van der Waals surface area contributed by atoms with E-state index in [-0.39, 0.29) is 17.0 Å². The van der Waals surface area contributed by atoms with Gasteiger partial charge in [0.1, 0.15) is 0 Å². The van der Waals surface area contributed by atoms with E-state index < -0.39 is 0 Å². The molecule has 2 heteroatoms. The number of amides is 1. The molecule has 1 aromatic carbocycles. The van der Waals surface area contributed by atoms with Crippen LogP contribution in [0.25, 0.3) is 0 Å². The molecule has 1 amide bonds. The Morgan fingerprint density at radius 3 is 2.05 bits per heavy atom. The monoisotopic (exact) mass is 257 g/mol. The number of terminal acetylenes is 1. The lowest BCUT2D eigenvalue weighted by molar-refractivity contribution is 0.0271. The molecule has 102 valence electrons. The van der Waals surface area contributed by atoms with Crippen molar-refractivity contribution < 1.29 is 4.79 Å². The highest BCUT2D eigenvalue weighted by molar-refractivity contribution is 5.95. The van der Waals surface area contributed by atoms with Crippen LogP contribution in [-0.2, 0) is 0 Å². The fourth-order valence-corrected chi connectivity index (χ4v) is 2.49. The Hall–Kier alpha value is -1.75. The van der Waals surface area contributed by atoms with E-state index in [2.05, 4.69) is 5.92 Å². The van der Waals surface area contributed by atoms with Crippen molar-refractivity contribution in [1.29, 1.82) is 0 Å². The lowest BCUT2D eigenvalue weighted by atomic mass is 9.94. The number of carbonyl (C=O) groups is 1. The van der Waals surface area contributed by atoms with Gasteiger partial charge in [0.05, 0.1) is 0 Å². The number of hydrogen-bond donors (Lipinski definition) is 0. The average Bonchev–Trinajstić information content (AvgIpc) is 2.25. The molecule has 0 saturated heterocycles. The molecule has 0 radical (unpaired) electrons. The summed E-state index contributed by atoms with van der Waals surface area (Å²) < 4.78 is 0. The van der Waals surface area contributed by atoms with Crippen LogP contribution in [0.1, 0.15) is 57.5 Å². The first kappa shape index (κ1) is 15.3. The third-order valence-electron chi connectivity index (χ3n) is 2.82. The quantitative estimate of drug-likeness (QED) is 0.702. The van der Waals surface area contributed by atoms with Crippen molar-refractivity contribution in [1.82, 2.24) is 4.90 Å². The number of nitrogens with zero attached hydrogens (tertiary/aromatic N) is 1. The maximum atomic E-state index is 12.8. The molecule has 19 heavy (non-hydrogen) atoms. The van der Waals surface area contributed by atoms with Gasteiger partial charge in [0.15, 0.2) is 0 Å². The topological polar surface area (TPSA) is 20.3 Å². The molecule has 0 saturated carbocycles. The third-order valence-corrected chi connectivity index (χ3v) is 2.82. The summed E-state index contributed by atoms with van der Waals surface area (Å²) in [6.07, 6.45) is 5.39. The van der Waals surface area contributed by atoms with Gasteiger partial charge in [-0.15, -0.1) is 6.42 Å². The van der Waals surface area contributed by atoms with Crippen LogP contribution in [0.15, 0.2) is 24.3 Å². The molecule has 0 aliphatic heterocycles. The number of rotatable bonds is 1. The zero-order chi connectivity index (χ0) is 14.8. The minimum Gasteiger partial charge on any atom is -0.329 e. The largest absolute Gasteiger partial charge is 0.329 e. The van der Waals surface area contributed by atoms with Crippen molar-refractivity contribution in [3.05, 3.63) is 35.4 Å². The molecule has 0 unspecified atom stereocenters. The SMILES string of the molecule is C#Cc1cccc(C(=O)N(C(C)(C)C)C(C)(C)C)c1. The highest BCUT2D eigenvalue weighted by Crippen LogP contribution is 2.27. The van der Waals surface area contributed by atoms with Gasteiger partial charge in [-0.05, 0) is 59.7 Å². The van der Waals surface area contributed by atoms with E-state index in [4.69, 9.17) is 6.42 Å². The van der Waals surface area contributed by atoms with Gasteiger partial charge in [-0.1, -0.05) is 12.0 Å². The molecule has 0 fully saturated rings. The summed E-state index contributed by atoms with van der Waals surface area (Å²) in [7, 11) is 0. The minimum absolute atomic E-state index is 0.0112. The molecule has 0 atom stereocenters. The first-order valence-corrected chi connectivity index (χ1v) is 6.48. The first-order valence-electron chi connectivity index (χ1n) is 6.48. The van der Waals surface area contributed by atoms with Crippen LogP contribution >= 0.6 is 0 Å². The van der Waals surface area contributed by atoms with Crippen LogP contribution in [0, 0.1) is 12.3 Å². The molecule has 0 aliphatic rings. The third kappa shape index (κ3) is 3.61. The Morgan fingerprint density at radius 1 is 1.11 bits per heavy atom. The van der Waals surface area contributed by atoms with Crippen molar-refractivity contribution in [2.75, 3.05) is 0 Å². The summed E-state index contributed by atoms with van der Waals surface area (Å²) in [6.45, 7) is 12.3. The molecule has 1 aromatic rings. The molecule has 0 bridgehead atoms. The predicted molar refractivity (Wildman–Crippen MR) is 80.1 cm³/mol. The second-order valence-electron chi connectivity index (χ2n) is 6.71. The van der Waals surface area contributed by atoms with Gasteiger partial charge in [-0.2, -0.15) is 0 Å². The Morgan fingerprint density at radius 2 is 1.63 bits per heavy atom. The van der Waals surface area contributed by atoms with Crippen molar-refractivity contribution in [3.63, 3.8) is 0 Å². The van der Waals surface area contributed by atoms with Gasteiger partial charge in [0, 0.05) is 22.2 Å². The molecule has 1 rings (SSSR count). The predicted octanol–water partition coefficient (Wildman–Crippen LogP) is 3.71. The van der Waals surface area contributed by atoms with Gasteiger partial charge in [0.2, 0.25) is 0 Å². The Bertz CT molecular complexity index is 495. The van der Waals surface area contributed by atoms with Crippen molar-refractivity contribution in [3.8, 4) is 12.3 Å². The number of benzene rings is 1. The molecule has 0 N–H and O–H groups in total. The van der Waals surface area contributed by atoms with Gasteiger partial charge < -0.3 is 4.90 Å². The second kappa shape index (κ2) is 5.09. The molecule has 0 aromatic heterocycles. The lowest BCUT2D eigenvalue weighted by Gasteiger charge is -2.45. The lowest BCUT2D eigenvalue weighted by Crippen LogP contribution is -2.55. The van der Waals surface area contributed by atoms with E-state index in [0.29, 0.717) is 5.56 Å². The van der Waals surface area contributed by atoms with Gasteiger partial charge >= 0.3 is 0 Å². The Balaban J connectivity index is 3.25. The summed E-state index contributed by atoms with van der Waals surface area (Å²) >= 11 is 0. The minimum atomic E-state index is -0.249. The molecular formula is C17H23NO. The van der Waals surface area contributed by atoms with E-state index >= 15 is 0 Å². The van der Waals surface area contributed by atoms with Crippen LogP contribution in [0.4, 0.5) is 0 Å². The van der Waals surface area contributed by atoms with Gasteiger partial charge in [-0.25, -0.2) is 0 Å². The first-order chi connectivity index (χ1) is 8.57. The normalized spacial score (nSPS) is 11.8. The van der Waals surface area contributed by atoms with Crippen molar-refractivity contribution in [2.24, 2.45) is 0 Å². The summed E-state index contributed by atoms with van der Waals surface area (Å²) in [6, 6.07) is 7.24. The fourth-order valence-electron chi connectivity index (χ4n) is 2.49. The van der Waals surface area contributed by atoms with Crippen LogP contribution in [-0.4, -0.2) is 21.9 Å². The molecule has 0 spiro atoms. The summed E-state index contributed by atoms with van der Waals surface area (Å²) in [5.41, 5.74) is 0.872. The van der Waals surface area contributed by atoms with Crippen molar-refractivity contribution >= 4 is 5.91 Å². The second-order valence-corrected chi connectivity index (χ2v) is 6.71. The summed E-state index contributed by atoms with van der Waals surface area (Å²) in [4.78, 5) is 14.7. The molecule has 0 heterocycles. The smallest absolute Gasteiger partial charge is 0.254 e. The van der Waals surface area contributed by atoms with Crippen LogP contribution in [0.3, 0.4) is 0 Å². The zero-order valence-electron chi connectivity index (χ0n) is 12.7. The van der Waals surface area contributed by atoms with E-state index in [1.165, 1.54) is 0 Å². The molecular weight excluding hydrogens is 234 g/mol. The summed E-state index contributed by atoms with van der Waals surface area (Å²) in [5.74, 6) is 2.58. The Kier molecular flexibility index (Phi) is 4.10.